The van der Waals surface area contributed by atoms with Crippen LogP contribution in [0.25, 0.3) is 11.4 Å². The van der Waals surface area contributed by atoms with E-state index in [1.807, 2.05) is 6.92 Å². The lowest BCUT2D eigenvalue weighted by Gasteiger charge is -2.28. The minimum Gasteiger partial charge on any atom is -0.486 e. The summed E-state index contributed by atoms with van der Waals surface area (Å²) in [6, 6.07) is 3.57. The van der Waals surface area contributed by atoms with Crippen molar-refractivity contribution in [3.63, 3.8) is 0 Å². The van der Waals surface area contributed by atoms with Crippen molar-refractivity contribution >= 4 is 5.97 Å². The number of aliphatic hydroxyl groups excluding tert-OH is 1. The van der Waals surface area contributed by atoms with Crippen LogP contribution in [-0.2, 0) is 27.9 Å². The normalized spacial score (nSPS) is 20.0. The Balaban J connectivity index is 1.75. The van der Waals surface area contributed by atoms with Crippen molar-refractivity contribution in [3.05, 3.63) is 23.5 Å². The van der Waals surface area contributed by atoms with E-state index in [1.54, 1.807) is 19.2 Å². The third-order valence-electron chi connectivity index (χ3n) is 4.37. The lowest BCUT2D eigenvalue weighted by molar-refractivity contribution is -0.152. The lowest BCUT2D eigenvalue weighted by atomic mass is 10.0. The quantitative estimate of drug-likeness (QED) is 0.772. The molecule has 26 heavy (non-hydrogen) atoms. The molecular formula is C17H22N4O5. The van der Waals surface area contributed by atoms with Gasteiger partial charge in [-0.05, 0) is 19.1 Å². The predicted octanol–water partition coefficient (Wildman–Crippen LogP) is 0.635. The molecule has 1 aliphatic rings. The smallest absolute Gasteiger partial charge is 0.311 e. The highest BCUT2D eigenvalue weighted by Gasteiger charge is 2.30. The van der Waals surface area contributed by atoms with Crippen LogP contribution in [0.5, 0.6) is 5.75 Å². The van der Waals surface area contributed by atoms with E-state index in [0.29, 0.717) is 48.2 Å². The molecule has 1 saturated heterocycles. The van der Waals surface area contributed by atoms with Crippen LogP contribution in [0.1, 0.15) is 17.8 Å². The Morgan fingerprint density at radius 2 is 2.23 bits per heavy atom. The highest BCUT2D eigenvalue weighted by atomic mass is 16.5. The summed E-state index contributed by atoms with van der Waals surface area (Å²) in [6.07, 6.45) is 0.288. The number of hydrogen-bond donors (Lipinski definition) is 1. The number of aliphatic hydroxyl groups is 1. The van der Waals surface area contributed by atoms with Gasteiger partial charge in [-0.25, -0.2) is 9.67 Å². The first-order valence-corrected chi connectivity index (χ1v) is 8.33. The minimum absolute atomic E-state index is 0.174. The van der Waals surface area contributed by atoms with Gasteiger partial charge in [0.2, 0.25) is 0 Å². The van der Waals surface area contributed by atoms with E-state index < -0.39 is 0 Å². The predicted molar refractivity (Wildman–Crippen MR) is 90.3 cm³/mol. The summed E-state index contributed by atoms with van der Waals surface area (Å²) in [6.45, 7) is 2.41. The average Bonchev–Trinajstić information content (AvgIpc) is 3.03. The summed E-state index contributed by atoms with van der Waals surface area (Å²) in [5.41, 5.74) is 2.42. The van der Waals surface area contributed by atoms with Gasteiger partial charge in [-0.3, -0.25) is 4.79 Å². The van der Waals surface area contributed by atoms with Gasteiger partial charge in [0.15, 0.2) is 0 Å². The Hall–Kier alpha value is -2.52. The standard InChI is InChI=1S/C17H22N4O5/c1-10-15(26-12-6-11(8-25-9-12)17(23)24-3)5-4-13(18-10)16-14(7-22)21(2)20-19-16/h4-5,11-12,22H,6-9H2,1-3H3/t11?,12-/m1/s1. The summed E-state index contributed by atoms with van der Waals surface area (Å²) < 4.78 is 17.7. The molecule has 1 aliphatic heterocycles. The van der Waals surface area contributed by atoms with Crippen molar-refractivity contribution in [3.8, 4) is 17.1 Å². The number of carbonyl (C=O) groups is 1. The first-order valence-electron chi connectivity index (χ1n) is 8.33. The average molecular weight is 362 g/mol. The molecule has 1 unspecified atom stereocenters. The number of esters is 1. The number of aromatic nitrogens is 4. The van der Waals surface area contributed by atoms with E-state index in [2.05, 4.69) is 15.3 Å². The highest BCUT2D eigenvalue weighted by molar-refractivity contribution is 5.72. The van der Waals surface area contributed by atoms with E-state index in [1.165, 1.54) is 11.8 Å². The number of hydrogen-bond acceptors (Lipinski definition) is 8. The third kappa shape index (κ3) is 3.68. The van der Waals surface area contributed by atoms with Crippen molar-refractivity contribution in [1.29, 1.82) is 0 Å². The lowest BCUT2D eigenvalue weighted by Crippen LogP contribution is -2.37. The zero-order chi connectivity index (χ0) is 18.7. The van der Waals surface area contributed by atoms with Gasteiger partial charge in [0.05, 0.1) is 49.9 Å². The molecule has 3 heterocycles. The molecule has 9 heteroatoms. The van der Waals surface area contributed by atoms with Gasteiger partial charge in [-0.15, -0.1) is 5.10 Å². The van der Waals surface area contributed by atoms with Gasteiger partial charge in [0, 0.05) is 13.5 Å². The van der Waals surface area contributed by atoms with Gasteiger partial charge >= 0.3 is 5.97 Å². The van der Waals surface area contributed by atoms with Crippen molar-refractivity contribution in [1.82, 2.24) is 20.0 Å². The molecule has 2 aromatic heterocycles. The van der Waals surface area contributed by atoms with Crippen LogP contribution < -0.4 is 4.74 Å². The van der Waals surface area contributed by atoms with Gasteiger partial charge in [-0.2, -0.15) is 0 Å². The van der Waals surface area contributed by atoms with Gasteiger partial charge in [-0.1, -0.05) is 5.21 Å². The summed E-state index contributed by atoms with van der Waals surface area (Å²) in [5, 5.41) is 17.5. The van der Waals surface area contributed by atoms with Crippen LogP contribution in [0, 0.1) is 12.8 Å². The van der Waals surface area contributed by atoms with E-state index >= 15 is 0 Å². The molecule has 2 aromatic rings. The number of pyridine rings is 1. The first kappa shape index (κ1) is 18.3. The van der Waals surface area contributed by atoms with E-state index in [4.69, 9.17) is 14.2 Å². The second-order valence-electron chi connectivity index (χ2n) is 6.18. The maximum absolute atomic E-state index is 11.7. The SMILES string of the molecule is COC(=O)C1COC[C@H](Oc2ccc(-c3nnn(C)c3CO)nc2C)C1. The monoisotopic (exact) mass is 362 g/mol. The van der Waals surface area contributed by atoms with Crippen molar-refractivity contribution in [2.75, 3.05) is 20.3 Å². The zero-order valence-corrected chi connectivity index (χ0v) is 15.0. The number of ether oxygens (including phenoxy) is 3. The molecule has 0 bridgehead atoms. The van der Waals surface area contributed by atoms with Crippen LogP contribution in [0.3, 0.4) is 0 Å². The summed E-state index contributed by atoms with van der Waals surface area (Å²) in [5.74, 6) is 0.00276. The molecule has 0 saturated carbocycles. The molecule has 1 N–H and O–H groups in total. The molecule has 0 aromatic carbocycles. The first-order chi connectivity index (χ1) is 12.5. The second-order valence-corrected chi connectivity index (χ2v) is 6.18. The van der Waals surface area contributed by atoms with Crippen LogP contribution in [0.15, 0.2) is 12.1 Å². The molecular weight excluding hydrogens is 340 g/mol. The third-order valence-corrected chi connectivity index (χ3v) is 4.37. The van der Waals surface area contributed by atoms with Gasteiger partial charge in [0.25, 0.3) is 0 Å². The fourth-order valence-electron chi connectivity index (χ4n) is 2.95. The molecule has 9 nitrogen and oxygen atoms in total. The molecule has 3 rings (SSSR count). The Kier molecular flexibility index (Phi) is 5.48. The molecule has 0 amide bonds. The zero-order valence-electron chi connectivity index (χ0n) is 15.0. The second kappa shape index (κ2) is 7.79. The van der Waals surface area contributed by atoms with Crippen molar-refractivity contribution < 1.29 is 24.1 Å². The van der Waals surface area contributed by atoms with E-state index in [0.717, 1.165) is 0 Å². The maximum atomic E-state index is 11.7. The van der Waals surface area contributed by atoms with Crippen molar-refractivity contribution in [2.45, 2.75) is 26.1 Å². The van der Waals surface area contributed by atoms with Crippen LogP contribution in [0.4, 0.5) is 0 Å². The molecule has 0 spiro atoms. The highest BCUT2D eigenvalue weighted by Crippen LogP contribution is 2.27. The summed E-state index contributed by atoms with van der Waals surface area (Å²) in [7, 11) is 3.08. The fraction of sp³-hybridized carbons (Fsp3) is 0.529. The van der Waals surface area contributed by atoms with E-state index in [9.17, 15) is 9.90 Å². The molecule has 0 radical (unpaired) electrons. The Morgan fingerprint density at radius 1 is 1.42 bits per heavy atom. The number of nitrogens with zero attached hydrogens (tertiary/aromatic N) is 4. The van der Waals surface area contributed by atoms with Crippen LogP contribution in [-0.4, -0.2) is 57.5 Å². The van der Waals surface area contributed by atoms with Crippen LogP contribution >= 0.6 is 0 Å². The van der Waals surface area contributed by atoms with E-state index in [-0.39, 0.29) is 24.6 Å². The summed E-state index contributed by atoms with van der Waals surface area (Å²) in [4.78, 5) is 16.2. The van der Waals surface area contributed by atoms with Gasteiger partial charge in [0.1, 0.15) is 17.5 Å². The minimum atomic E-state index is -0.321. The number of aryl methyl sites for hydroxylation is 2. The topological polar surface area (TPSA) is 109 Å². The Bertz CT molecular complexity index is 791. The maximum Gasteiger partial charge on any atom is 0.311 e. The number of methoxy groups -OCH3 is 1. The largest absolute Gasteiger partial charge is 0.486 e. The molecule has 140 valence electrons. The molecule has 2 atom stereocenters. The van der Waals surface area contributed by atoms with Gasteiger partial charge < -0.3 is 19.3 Å². The molecule has 1 fully saturated rings. The van der Waals surface area contributed by atoms with Crippen molar-refractivity contribution in [2.24, 2.45) is 13.0 Å². The fourth-order valence-corrected chi connectivity index (χ4v) is 2.95. The van der Waals surface area contributed by atoms with Crippen LogP contribution in [0.2, 0.25) is 0 Å². The molecule has 0 aliphatic carbocycles. The number of carbonyl (C=O) groups excluding carboxylic acids is 1. The Labute approximate surface area is 150 Å². The number of rotatable bonds is 5. The Morgan fingerprint density at radius 3 is 2.92 bits per heavy atom. The summed E-state index contributed by atoms with van der Waals surface area (Å²) >= 11 is 0.